The molecule has 1 aliphatic rings. The van der Waals surface area contributed by atoms with Crippen LogP contribution in [0.5, 0.6) is 5.75 Å². The summed E-state index contributed by atoms with van der Waals surface area (Å²) in [5.74, 6) is 0.985. The van der Waals surface area contributed by atoms with Crippen LogP contribution in [0.25, 0.3) is 0 Å². The lowest BCUT2D eigenvalue weighted by molar-refractivity contribution is 0.0746. The smallest absolute Gasteiger partial charge is 0.253 e. The van der Waals surface area contributed by atoms with Crippen molar-refractivity contribution < 1.29 is 9.53 Å². The van der Waals surface area contributed by atoms with Crippen LogP contribution in [0.1, 0.15) is 10.4 Å². The molecule has 1 amide bonds. The molecule has 1 fully saturated rings. The van der Waals surface area contributed by atoms with Gasteiger partial charge in [0.1, 0.15) is 5.75 Å². The number of carbonyl (C=O) groups is 1. The molecule has 0 saturated carbocycles. The summed E-state index contributed by atoms with van der Waals surface area (Å²) in [6.07, 6.45) is 2.04. The molecule has 24 heavy (non-hydrogen) atoms. The maximum absolute atomic E-state index is 12.6. The second-order valence-corrected chi connectivity index (χ2v) is 6.59. The molecule has 4 nitrogen and oxygen atoms in total. The highest BCUT2D eigenvalue weighted by molar-refractivity contribution is 7.98. The Balaban J connectivity index is 1.60. The number of hydrogen-bond donors (Lipinski definition) is 0. The van der Waals surface area contributed by atoms with Crippen LogP contribution in [0, 0.1) is 0 Å². The lowest BCUT2D eigenvalue weighted by Gasteiger charge is -2.36. The molecule has 0 aromatic heterocycles. The van der Waals surface area contributed by atoms with Crippen molar-refractivity contribution in [3.8, 4) is 5.75 Å². The largest absolute Gasteiger partial charge is 0.497 e. The molecule has 0 N–H and O–H groups in total. The number of hydrogen-bond acceptors (Lipinski definition) is 4. The molecular weight excluding hydrogens is 320 g/mol. The van der Waals surface area contributed by atoms with Gasteiger partial charge in [-0.1, -0.05) is 0 Å². The highest BCUT2D eigenvalue weighted by Gasteiger charge is 2.22. The van der Waals surface area contributed by atoms with E-state index in [4.69, 9.17) is 4.74 Å². The molecule has 126 valence electrons. The molecule has 0 radical (unpaired) electrons. The topological polar surface area (TPSA) is 32.8 Å². The van der Waals surface area contributed by atoms with Crippen LogP contribution >= 0.6 is 11.8 Å². The fourth-order valence-corrected chi connectivity index (χ4v) is 3.29. The number of rotatable bonds is 4. The lowest BCUT2D eigenvalue weighted by Crippen LogP contribution is -2.48. The van der Waals surface area contributed by atoms with Gasteiger partial charge in [0.15, 0.2) is 0 Å². The van der Waals surface area contributed by atoms with Crippen LogP contribution in [0.2, 0.25) is 0 Å². The minimum Gasteiger partial charge on any atom is -0.497 e. The minimum atomic E-state index is 0.122. The van der Waals surface area contributed by atoms with E-state index in [1.807, 2.05) is 47.6 Å². The summed E-state index contributed by atoms with van der Waals surface area (Å²) in [7, 11) is 1.67. The lowest BCUT2D eigenvalue weighted by atomic mass is 10.1. The van der Waals surface area contributed by atoms with Crippen molar-refractivity contribution in [2.45, 2.75) is 4.90 Å². The van der Waals surface area contributed by atoms with Gasteiger partial charge in [0.2, 0.25) is 0 Å². The van der Waals surface area contributed by atoms with Crippen LogP contribution in [-0.2, 0) is 0 Å². The van der Waals surface area contributed by atoms with Crippen molar-refractivity contribution in [3.05, 3.63) is 54.1 Å². The van der Waals surface area contributed by atoms with Crippen molar-refractivity contribution in [2.75, 3.05) is 44.4 Å². The zero-order valence-electron chi connectivity index (χ0n) is 14.1. The normalized spacial score (nSPS) is 14.6. The molecular formula is C19H22N2O2S. The second kappa shape index (κ2) is 7.62. The maximum Gasteiger partial charge on any atom is 0.253 e. The Morgan fingerprint density at radius 1 is 0.958 bits per heavy atom. The van der Waals surface area contributed by atoms with Crippen molar-refractivity contribution in [2.24, 2.45) is 0 Å². The first kappa shape index (κ1) is 16.7. The van der Waals surface area contributed by atoms with Gasteiger partial charge in [-0.2, -0.15) is 0 Å². The molecule has 1 aliphatic heterocycles. The standard InChI is InChI=1S/C19H22N2O2S/c1-23-17-7-5-16(6-8-17)20-11-13-21(14-12-20)19(22)15-3-9-18(24-2)10-4-15/h3-10H,11-14H2,1-2H3. The summed E-state index contributed by atoms with van der Waals surface area (Å²) in [6.45, 7) is 3.19. The van der Waals surface area contributed by atoms with Crippen LogP contribution < -0.4 is 9.64 Å². The predicted molar refractivity (Wildman–Crippen MR) is 99.3 cm³/mol. The van der Waals surface area contributed by atoms with Gasteiger partial charge in [0.25, 0.3) is 5.91 Å². The van der Waals surface area contributed by atoms with E-state index in [9.17, 15) is 4.79 Å². The van der Waals surface area contributed by atoms with Gasteiger partial charge in [-0.3, -0.25) is 4.79 Å². The Bertz CT molecular complexity index is 678. The zero-order chi connectivity index (χ0) is 16.9. The van der Waals surface area contributed by atoms with Gasteiger partial charge in [-0.05, 0) is 54.8 Å². The summed E-state index contributed by atoms with van der Waals surface area (Å²) in [5, 5.41) is 0. The van der Waals surface area contributed by atoms with E-state index in [1.54, 1.807) is 18.9 Å². The van der Waals surface area contributed by atoms with Crippen LogP contribution in [0.3, 0.4) is 0 Å². The number of nitrogens with zero attached hydrogens (tertiary/aromatic N) is 2. The van der Waals surface area contributed by atoms with Gasteiger partial charge in [0, 0.05) is 42.3 Å². The molecule has 5 heteroatoms. The Morgan fingerprint density at radius 3 is 2.12 bits per heavy atom. The van der Waals surface area contributed by atoms with Crippen LogP contribution in [0.15, 0.2) is 53.4 Å². The number of anilines is 1. The van der Waals surface area contributed by atoms with Gasteiger partial charge >= 0.3 is 0 Å². The molecule has 0 unspecified atom stereocenters. The number of carbonyl (C=O) groups excluding carboxylic acids is 1. The van der Waals surface area contributed by atoms with Crippen molar-refractivity contribution in [1.82, 2.24) is 4.90 Å². The van der Waals surface area contributed by atoms with E-state index in [2.05, 4.69) is 17.0 Å². The number of benzene rings is 2. The summed E-state index contributed by atoms with van der Waals surface area (Å²) >= 11 is 1.68. The number of piperazine rings is 1. The van der Waals surface area contributed by atoms with Gasteiger partial charge in [0.05, 0.1) is 7.11 Å². The quantitative estimate of drug-likeness (QED) is 0.798. The van der Waals surface area contributed by atoms with E-state index in [-0.39, 0.29) is 5.91 Å². The fraction of sp³-hybridized carbons (Fsp3) is 0.316. The zero-order valence-corrected chi connectivity index (χ0v) is 14.9. The number of amides is 1. The Morgan fingerprint density at radius 2 is 1.58 bits per heavy atom. The van der Waals surface area contributed by atoms with Gasteiger partial charge < -0.3 is 14.5 Å². The van der Waals surface area contributed by atoms with E-state index >= 15 is 0 Å². The molecule has 0 bridgehead atoms. The van der Waals surface area contributed by atoms with Crippen molar-refractivity contribution in [3.63, 3.8) is 0 Å². The molecule has 1 saturated heterocycles. The summed E-state index contributed by atoms with van der Waals surface area (Å²) in [5.41, 5.74) is 1.94. The first-order valence-electron chi connectivity index (χ1n) is 8.03. The van der Waals surface area contributed by atoms with Crippen molar-refractivity contribution in [1.29, 1.82) is 0 Å². The average Bonchev–Trinajstić information content (AvgIpc) is 2.68. The third kappa shape index (κ3) is 3.67. The molecule has 0 atom stereocenters. The maximum atomic E-state index is 12.6. The Kier molecular flexibility index (Phi) is 5.30. The first-order chi connectivity index (χ1) is 11.7. The third-order valence-electron chi connectivity index (χ3n) is 4.34. The van der Waals surface area contributed by atoms with Gasteiger partial charge in [-0.25, -0.2) is 0 Å². The first-order valence-corrected chi connectivity index (χ1v) is 9.26. The summed E-state index contributed by atoms with van der Waals surface area (Å²) in [4.78, 5) is 18.0. The molecule has 3 rings (SSSR count). The second-order valence-electron chi connectivity index (χ2n) is 5.71. The molecule has 0 aliphatic carbocycles. The number of methoxy groups -OCH3 is 1. The fourth-order valence-electron chi connectivity index (χ4n) is 2.88. The molecule has 0 spiro atoms. The highest BCUT2D eigenvalue weighted by atomic mass is 32.2. The highest BCUT2D eigenvalue weighted by Crippen LogP contribution is 2.21. The SMILES string of the molecule is COc1ccc(N2CCN(C(=O)c3ccc(SC)cc3)CC2)cc1. The Labute approximate surface area is 147 Å². The molecule has 2 aromatic carbocycles. The van der Waals surface area contributed by atoms with E-state index < -0.39 is 0 Å². The van der Waals surface area contributed by atoms with Crippen LogP contribution in [-0.4, -0.2) is 50.4 Å². The van der Waals surface area contributed by atoms with Gasteiger partial charge in [-0.15, -0.1) is 11.8 Å². The van der Waals surface area contributed by atoms with Crippen molar-refractivity contribution >= 4 is 23.4 Å². The summed E-state index contributed by atoms with van der Waals surface area (Å²) < 4.78 is 5.20. The number of ether oxygens (including phenoxy) is 1. The minimum absolute atomic E-state index is 0.122. The van der Waals surface area contributed by atoms with E-state index in [1.165, 1.54) is 10.6 Å². The average molecular weight is 342 g/mol. The third-order valence-corrected chi connectivity index (χ3v) is 5.08. The molecule has 2 aromatic rings. The van der Waals surface area contributed by atoms with E-state index in [0.29, 0.717) is 0 Å². The molecule has 1 heterocycles. The monoisotopic (exact) mass is 342 g/mol. The van der Waals surface area contributed by atoms with E-state index in [0.717, 1.165) is 37.5 Å². The summed E-state index contributed by atoms with van der Waals surface area (Å²) in [6, 6.07) is 15.9. The Hall–Kier alpha value is -2.14. The number of thioether (sulfide) groups is 1. The van der Waals surface area contributed by atoms with Crippen LogP contribution in [0.4, 0.5) is 5.69 Å². The predicted octanol–water partition coefficient (Wildman–Crippen LogP) is 3.38.